The van der Waals surface area contributed by atoms with E-state index in [1.54, 1.807) is 36.4 Å². The molecule has 0 amide bonds. The Morgan fingerprint density at radius 2 is 1.81 bits per heavy atom. The highest BCUT2D eigenvalue weighted by molar-refractivity contribution is 5.90. The SMILES string of the molecule is Cc1ccc2c(c1)C1(C(C#N)=C(N)Oc3c1c(=O)oc1c(C)cccc31)c1nc3ccccc3c(=O)n1-2. The normalized spacial score (nSPS) is 17.4. The standard InChI is InChI=1S/C29H18N4O4/c1-14-10-11-21-18(12-14)29(28-32-20-9-4-3-7-16(20)26(34)33(21)28)19(13-30)25(31)36-24-17-8-5-6-15(2)23(17)37-27(35)22(24)29/h3-12H,31H2,1-2H3. The van der Waals surface area contributed by atoms with E-state index in [1.807, 2.05) is 38.1 Å². The van der Waals surface area contributed by atoms with Crippen molar-refractivity contribution in [3.05, 3.63) is 121 Å². The van der Waals surface area contributed by atoms with E-state index in [9.17, 15) is 14.9 Å². The zero-order chi connectivity index (χ0) is 25.6. The molecule has 8 nitrogen and oxygen atoms in total. The number of nitrogens with zero attached hydrogens (tertiary/aromatic N) is 3. The Morgan fingerprint density at radius 3 is 2.62 bits per heavy atom. The van der Waals surface area contributed by atoms with E-state index in [2.05, 4.69) is 6.07 Å². The lowest BCUT2D eigenvalue weighted by molar-refractivity contribution is 0.371. The molecule has 0 saturated carbocycles. The van der Waals surface area contributed by atoms with Crippen molar-refractivity contribution in [2.24, 2.45) is 5.73 Å². The number of ether oxygens (including phenoxy) is 1. The Balaban J connectivity index is 1.79. The fourth-order valence-corrected chi connectivity index (χ4v) is 5.74. The van der Waals surface area contributed by atoms with E-state index in [1.165, 1.54) is 4.57 Å². The summed E-state index contributed by atoms with van der Waals surface area (Å²) in [6.07, 6.45) is 0. The van der Waals surface area contributed by atoms with Crippen LogP contribution in [0.4, 0.5) is 0 Å². The number of nitriles is 1. The Bertz CT molecular complexity index is 2060. The lowest BCUT2D eigenvalue weighted by atomic mass is 9.68. The summed E-state index contributed by atoms with van der Waals surface area (Å²) in [5, 5.41) is 11.4. The number of aryl methyl sites for hydroxylation is 2. The number of allylic oxidation sites excluding steroid dienone is 1. The van der Waals surface area contributed by atoms with Crippen molar-refractivity contribution in [2.75, 3.05) is 0 Å². The first-order chi connectivity index (χ1) is 17.9. The molecule has 0 bridgehead atoms. The minimum Gasteiger partial charge on any atom is -0.439 e. The predicted molar refractivity (Wildman–Crippen MR) is 137 cm³/mol. The molecule has 0 aliphatic carbocycles. The molecule has 0 radical (unpaired) electrons. The topological polar surface area (TPSA) is 124 Å². The molecule has 1 unspecified atom stereocenters. The Kier molecular flexibility index (Phi) is 3.98. The third-order valence-electron chi connectivity index (χ3n) is 7.31. The van der Waals surface area contributed by atoms with Crippen LogP contribution in [0.25, 0.3) is 27.6 Å². The van der Waals surface area contributed by atoms with Crippen LogP contribution in [-0.2, 0) is 5.41 Å². The molecule has 2 aliphatic heterocycles. The first kappa shape index (κ1) is 21.1. The summed E-state index contributed by atoms with van der Waals surface area (Å²) < 4.78 is 13.3. The molecule has 4 heterocycles. The van der Waals surface area contributed by atoms with Gasteiger partial charge in [0.05, 0.1) is 22.0 Å². The van der Waals surface area contributed by atoms with Crippen LogP contribution >= 0.6 is 0 Å². The summed E-state index contributed by atoms with van der Waals surface area (Å²) in [6.45, 7) is 3.72. The molecule has 8 heteroatoms. The molecule has 7 rings (SSSR count). The van der Waals surface area contributed by atoms with E-state index >= 15 is 0 Å². The minimum absolute atomic E-state index is 0.0282. The lowest BCUT2D eigenvalue weighted by Crippen LogP contribution is -2.42. The predicted octanol–water partition coefficient (Wildman–Crippen LogP) is 3.84. The number of rotatable bonds is 0. The van der Waals surface area contributed by atoms with Gasteiger partial charge in [0.15, 0.2) is 5.75 Å². The third-order valence-corrected chi connectivity index (χ3v) is 7.31. The zero-order valence-electron chi connectivity index (χ0n) is 19.8. The summed E-state index contributed by atoms with van der Waals surface area (Å²) >= 11 is 0. The maximum atomic E-state index is 13.9. The Hall–Kier alpha value is -5.16. The second kappa shape index (κ2) is 6.95. The molecule has 1 spiro atoms. The molecular formula is C29H18N4O4. The molecule has 178 valence electrons. The fraction of sp³-hybridized carbons (Fsp3) is 0.103. The van der Waals surface area contributed by atoms with Crippen molar-refractivity contribution in [1.29, 1.82) is 5.26 Å². The minimum atomic E-state index is -1.62. The van der Waals surface area contributed by atoms with E-state index < -0.39 is 11.0 Å². The maximum Gasteiger partial charge on any atom is 0.345 e. The smallest absolute Gasteiger partial charge is 0.345 e. The first-order valence-electron chi connectivity index (χ1n) is 11.7. The highest BCUT2D eigenvalue weighted by atomic mass is 16.5. The van der Waals surface area contributed by atoms with Crippen molar-refractivity contribution in [3.63, 3.8) is 0 Å². The second-order valence-corrected chi connectivity index (χ2v) is 9.36. The molecule has 5 aromatic rings. The average molecular weight is 486 g/mol. The van der Waals surface area contributed by atoms with Gasteiger partial charge in [-0.3, -0.25) is 9.36 Å². The summed E-state index contributed by atoms with van der Waals surface area (Å²) in [6, 6.07) is 20.1. The number of nitrogens with two attached hydrogens (primary N) is 1. The highest BCUT2D eigenvalue weighted by Crippen LogP contribution is 2.56. The van der Waals surface area contributed by atoms with Crippen LogP contribution in [0.5, 0.6) is 5.75 Å². The number of para-hydroxylation sites is 2. The highest BCUT2D eigenvalue weighted by Gasteiger charge is 2.58. The Labute approximate surface area is 209 Å². The monoisotopic (exact) mass is 486 g/mol. The molecule has 37 heavy (non-hydrogen) atoms. The van der Waals surface area contributed by atoms with E-state index in [0.717, 1.165) is 11.1 Å². The Morgan fingerprint density at radius 1 is 1.03 bits per heavy atom. The quantitative estimate of drug-likeness (QED) is 0.330. The number of hydrogen-bond donors (Lipinski definition) is 1. The third kappa shape index (κ3) is 2.43. The second-order valence-electron chi connectivity index (χ2n) is 9.36. The lowest BCUT2D eigenvalue weighted by Gasteiger charge is -2.34. The zero-order valence-corrected chi connectivity index (χ0v) is 19.8. The van der Waals surface area contributed by atoms with Gasteiger partial charge in [-0.2, -0.15) is 5.26 Å². The molecule has 0 saturated heterocycles. The van der Waals surface area contributed by atoms with Crippen LogP contribution in [0.3, 0.4) is 0 Å². The molecule has 2 aliphatic rings. The van der Waals surface area contributed by atoms with Gasteiger partial charge in [0.2, 0.25) is 5.88 Å². The molecule has 0 fully saturated rings. The van der Waals surface area contributed by atoms with Crippen LogP contribution in [0.2, 0.25) is 0 Å². The number of aromatic nitrogens is 2. The van der Waals surface area contributed by atoms with Gasteiger partial charge in [-0.25, -0.2) is 9.78 Å². The molecular weight excluding hydrogens is 468 g/mol. The first-order valence-corrected chi connectivity index (χ1v) is 11.7. The van der Waals surface area contributed by atoms with Gasteiger partial charge in [-0.15, -0.1) is 0 Å². The van der Waals surface area contributed by atoms with Crippen LogP contribution in [0.1, 0.15) is 28.1 Å². The largest absolute Gasteiger partial charge is 0.439 e. The van der Waals surface area contributed by atoms with Gasteiger partial charge in [0.25, 0.3) is 5.56 Å². The van der Waals surface area contributed by atoms with Crippen molar-refractivity contribution >= 4 is 21.9 Å². The van der Waals surface area contributed by atoms with Gasteiger partial charge in [-0.05, 0) is 43.7 Å². The van der Waals surface area contributed by atoms with Gasteiger partial charge in [-0.1, -0.05) is 42.0 Å². The van der Waals surface area contributed by atoms with Crippen molar-refractivity contribution in [3.8, 4) is 17.5 Å². The molecule has 3 aromatic carbocycles. The van der Waals surface area contributed by atoms with Gasteiger partial charge < -0.3 is 14.9 Å². The van der Waals surface area contributed by atoms with Crippen molar-refractivity contribution in [2.45, 2.75) is 19.3 Å². The number of benzene rings is 3. The maximum absolute atomic E-state index is 13.9. The summed E-state index contributed by atoms with van der Waals surface area (Å²) in [5.74, 6) is 0.224. The van der Waals surface area contributed by atoms with Crippen LogP contribution in [-0.4, -0.2) is 9.55 Å². The number of fused-ring (bicyclic) bond motifs is 10. The molecule has 2 N–H and O–H groups in total. The van der Waals surface area contributed by atoms with Crippen molar-refractivity contribution < 1.29 is 9.15 Å². The summed E-state index contributed by atoms with van der Waals surface area (Å²) in [4.78, 5) is 32.7. The van der Waals surface area contributed by atoms with Gasteiger partial charge in [0.1, 0.15) is 34.0 Å². The van der Waals surface area contributed by atoms with Crippen LogP contribution in [0, 0.1) is 25.2 Å². The molecule has 2 aromatic heterocycles. The van der Waals surface area contributed by atoms with Crippen molar-refractivity contribution in [1.82, 2.24) is 9.55 Å². The van der Waals surface area contributed by atoms with E-state index in [-0.39, 0.29) is 34.2 Å². The van der Waals surface area contributed by atoms with Gasteiger partial charge in [0, 0.05) is 5.56 Å². The summed E-state index contributed by atoms with van der Waals surface area (Å²) in [7, 11) is 0. The van der Waals surface area contributed by atoms with Gasteiger partial charge >= 0.3 is 5.63 Å². The summed E-state index contributed by atoms with van der Waals surface area (Å²) in [5.41, 5.74) is 7.31. The molecule has 1 atom stereocenters. The fourth-order valence-electron chi connectivity index (χ4n) is 5.74. The number of hydrogen-bond acceptors (Lipinski definition) is 7. The average Bonchev–Trinajstić information content (AvgIpc) is 3.15. The van der Waals surface area contributed by atoms with Crippen LogP contribution < -0.4 is 21.7 Å². The van der Waals surface area contributed by atoms with E-state index in [4.69, 9.17) is 19.9 Å². The van der Waals surface area contributed by atoms with E-state index in [0.29, 0.717) is 33.1 Å². The van der Waals surface area contributed by atoms with Crippen LogP contribution in [0.15, 0.2) is 86.1 Å².